The maximum Gasteiger partial charge on any atom is 0.234 e. The van der Waals surface area contributed by atoms with Crippen LogP contribution in [0.1, 0.15) is 5.56 Å². The molecular weight excluding hydrogens is 380 g/mol. The highest BCUT2D eigenvalue weighted by atomic mass is 35.5. The van der Waals surface area contributed by atoms with Crippen LogP contribution in [-0.4, -0.2) is 61.9 Å². The summed E-state index contributed by atoms with van der Waals surface area (Å²) in [6.07, 6.45) is -0.698. The summed E-state index contributed by atoms with van der Waals surface area (Å²) in [4.78, 5) is 13.3. The number of rotatable bonds is 7. The number of aliphatic hydroxyl groups is 1. The average Bonchev–Trinajstić information content (AvgIpc) is 2.66. The number of halogens is 1. The Bertz CT molecular complexity index is 843. The Morgan fingerprint density at radius 3 is 2.79 bits per heavy atom. The van der Waals surface area contributed by atoms with Crippen LogP contribution in [-0.2, 0) is 4.79 Å². The molecule has 1 atom stereocenters. The molecule has 1 heterocycles. The first-order valence-corrected chi connectivity index (χ1v) is 9.58. The van der Waals surface area contributed by atoms with Crippen LogP contribution in [0, 0.1) is 6.92 Å². The number of carbonyl (C=O) groups excluding carboxylic acids is 1. The zero-order valence-corrected chi connectivity index (χ0v) is 16.8. The fourth-order valence-corrected chi connectivity index (χ4v) is 3.50. The van der Waals surface area contributed by atoms with Crippen molar-refractivity contribution in [2.75, 3.05) is 39.9 Å². The number of carbonyl (C=O) groups is 1. The molecule has 1 fully saturated rings. The number of hydrogen-bond donors (Lipinski definition) is 2. The lowest BCUT2D eigenvalue weighted by atomic mass is 10.00. The molecule has 1 amide bonds. The molecule has 0 spiro atoms. The molecule has 0 bridgehead atoms. The Morgan fingerprint density at radius 2 is 2.07 bits per heavy atom. The van der Waals surface area contributed by atoms with Crippen LogP contribution in [0.25, 0.3) is 11.1 Å². The Morgan fingerprint density at radius 1 is 1.25 bits per heavy atom. The van der Waals surface area contributed by atoms with Crippen LogP contribution in [0.3, 0.4) is 0 Å². The van der Waals surface area contributed by atoms with E-state index in [0.717, 1.165) is 29.0 Å². The van der Waals surface area contributed by atoms with E-state index in [0.29, 0.717) is 30.4 Å². The zero-order chi connectivity index (χ0) is 20.1. The Balaban J connectivity index is 1.65. The van der Waals surface area contributed by atoms with Crippen molar-refractivity contribution in [2.24, 2.45) is 0 Å². The summed E-state index contributed by atoms with van der Waals surface area (Å²) < 4.78 is 11.0. The number of aryl methyl sites for hydroxylation is 1. The monoisotopic (exact) mass is 404 g/mol. The molecule has 150 valence electrons. The Kier molecular flexibility index (Phi) is 6.78. The van der Waals surface area contributed by atoms with Gasteiger partial charge in [-0.3, -0.25) is 9.69 Å². The first kappa shape index (κ1) is 20.5. The Hall–Kier alpha value is -2.28. The average molecular weight is 405 g/mol. The van der Waals surface area contributed by atoms with Gasteiger partial charge in [0, 0.05) is 24.7 Å². The van der Waals surface area contributed by atoms with Crippen LogP contribution in [0.2, 0.25) is 5.02 Å². The van der Waals surface area contributed by atoms with Crippen LogP contribution in [0.5, 0.6) is 11.5 Å². The van der Waals surface area contributed by atoms with Crippen molar-refractivity contribution in [3.63, 3.8) is 0 Å². The summed E-state index contributed by atoms with van der Waals surface area (Å²) in [5.74, 6) is 1.37. The fraction of sp³-hybridized carbons (Fsp3) is 0.381. The van der Waals surface area contributed by atoms with Gasteiger partial charge in [0.1, 0.15) is 24.2 Å². The molecule has 1 unspecified atom stereocenters. The number of nitrogens with zero attached hydrogens (tertiary/aromatic N) is 1. The van der Waals surface area contributed by atoms with E-state index in [-0.39, 0.29) is 12.5 Å². The smallest absolute Gasteiger partial charge is 0.234 e. The van der Waals surface area contributed by atoms with Gasteiger partial charge in [-0.1, -0.05) is 17.7 Å². The molecule has 3 rings (SSSR count). The highest BCUT2D eigenvalue weighted by Crippen LogP contribution is 2.32. The van der Waals surface area contributed by atoms with Crippen molar-refractivity contribution in [1.82, 2.24) is 10.2 Å². The number of piperazine rings is 1. The summed E-state index contributed by atoms with van der Waals surface area (Å²) in [6.45, 7) is 4.15. The number of methoxy groups -OCH3 is 1. The number of aliphatic hydroxyl groups excluding tert-OH is 1. The normalized spacial score (nSPS) is 15.8. The van der Waals surface area contributed by atoms with Crippen LogP contribution in [0.15, 0.2) is 36.4 Å². The summed E-state index contributed by atoms with van der Waals surface area (Å²) in [7, 11) is 1.64. The second-order valence-electron chi connectivity index (χ2n) is 6.91. The molecule has 0 aliphatic carbocycles. The van der Waals surface area contributed by atoms with E-state index in [1.807, 2.05) is 42.2 Å². The lowest BCUT2D eigenvalue weighted by Gasteiger charge is -2.28. The van der Waals surface area contributed by atoms with E-state index in [9.17, 15) is 9.90 Å². The molecule has 2 N–H and O–H groups in total. The number of amides is 1. The topological polar surface area (TPSA) is 71.0 Å². The van der Waals surface area contributed by atoms with Gasteiger partial charge in [0.2, 0.25) is 5.91 Å². The van der Waals surface area contributed by atoms with Crippen molar-refractivity contribution in [3.05, 3.63) is 47.0 Å². The van der Waals surface area contributed by atoms with E-state index in [2.05, 4.69) is 5.32 Å². The molecule has 2 aromatic carbocycles. The summed E-state index contributed by atoms with van der Waals surface area (Å²) in [6, 6.07) is 11.4. The molecular formula is C21H25ClN2O4. The highest BCUT2D eigenvalue weighted by Gasteiger charge is 2.19. The molecule has 0 aromatic heterocycles. The van der Waals surface area contributed by atoms with Gasteiger partial charge in [0.15, 0.2) is 0 Å². The Labute approximate surface area is 170 Å². The first-order valence-electron chi connectivity index (χ1n) is 9.20. The molecule has 1 aliphatic rings. The van der Waals surface area contributed by atoms with Gasteiger partial charge in [-0.15, -0.1) is 0 Å². The van der Waals surface area contributed by atoms with Crippen LogP contribution in [0.4, 0.5) is 0 Å². The van der Waals surface area contributed by atoms with Gasteiger partial charge in [0.25, 0.3) is 0 Å². The third-order valence-electron chi connectivity index (χ3n) is 4.64. The van der Waals surface area contributed by atoms with E-state index in [1.165, 1.54) is 0 Å². The summed E-state index contributed by atoms with van der Waals surface area (Å²) in [5.41, 5.74) is 3.04. The van der Waals surface area contributed by atoms with Gasteiger partial charge in [-0.2, -0.15) is 0 Å². The van der Waals surface area contributed by atoms with E-state index >= 15 is 0 Å². The largest absolute Gasteiger partial charge is 0.497 e. The predicted octanol–water partition coefficient (Wildman–Crippen LogP) is 2.50. The first-order chi connectivity index (χ1) is 13.4. The summed E-state index contributed by atoms with van der Waals surface area (Å²) >= 11 is 6.28. The third kappa shape index (κ3) is 5.38. The van der Waals surface area contributed by atoms with E-state index in [4.69, 9.17) is 21.1 Å². The SMILES string of the molecule is COc1ccc(-c2cc(Cl)cc(OCC(O)CN3CCNC(=O)C3)c2)c(C)c1. The number of ether oxygens (including phenoxy) is 2. The number of β-amino-alcohol motifs (C(OH)–C–C–N with tert-alkyl or cyclic N) is 1. The van der Waals surface area contributed by atoms with Gasteiger partial charge in [-0.05, 0) is 53.9 Å². The third-order valence-corrected chi connectivity index (χ3v) is 4.86. The quantitative estimate of drug-likeness (QED) is 0.742. The molecule has 1 saturated heterocycles. The van der Waals surface area contributed by atoms with Crippen LogP contribution < -0.4 is 14.8 Å². The minimum atomic E-state index is -0.698. The molecule has 7 heteroatoms. The van der Waals surface area contributed by atoms with Gasteiger partial charge >= 0.3 is 0 Å². The maximum atomic E-state index is 11.4. The second-order valence-corrected chi connectivity index (χ2v) is 7.34. The minimum Gasteiger partial charge on any atom is -0.497 e. The van der Waals surface area contributed by atoms with Crippen molar-refractivity contribution in [2.45, 2.75) is 13.0 Å². The standard InChI is InChI=1S/C21H25ClN2O4/c1-14-7-18(27-2)3-4-20(14)15-8-16(22)10-19(9-15)28-13-17(25)11-24-6-5-23-21(26)12-24/h3-4,7-10,17,25H,5-6,11-13H2,1-2H3,(H,23,26). The minimum absolute atomic E-state index is 0.0197. The van der Waals surface area contributed by atoms with E-state index < -0.39 is 6.10 Å². The highest BCUT2D eigenvalue weighted by molar-refractivity contribution is 6.31. The molecule has 1 aliphatic heterocycles. The van der Waals surface area contributed by atoms with Crippen molar-refractivity contribution >= 4 is 17.5 Å². The van der Waals surface area contributed by atoms with Crippen molar-refractivity contribution in [3.8, 4) is 22.6 Å². The van der Waals surface area contributed by atoms with Crippen LogP contribution >= 0.6 is 11.6 Å². The zero-order valence-electron chi connectivity index (χ0n) is 16.1. The molecule has 28 heavy (non-hydrogen) atoms. The fourth-order valence-electron chi connectivity index (χ4n) is 3.28. The van der Waals surface area contributed by atoms with E-state index in [1.54, 1.807) is 13.2 Å². The maximum absolute atomic E-state index is 11.4. The lowest BCUT2D eigenvalue weighted by Crippen LogP contribution is -2.50. The van der Waals surface area contributed by atoms with Crippen molar-refractivity contribution < 1.29 is 19.4 Å². The molecule has 0 saturated carbocycles. The molecule has 2 aromatic rings. The summed E-state index contributed by atoms with van der Waals surface area (Å²) in [5, 5.41) is 13.6. The second kappa shape index (κ2) is 9.28. The molecule has 0 radical (unpaired) electrons. The number of benzene rings is 2. The molecule has 6 nitrogen and oxygen atoms in total. The number of hydrogen-bond acceptors (Lipinski definition) is 5. The lowest BCUT2D eigenvalue weighted by molar-refractivity contribution is -0.124. The van der Waals surface area contributed by atoms with Gasteiger partial charge < -0.3 is 19.9 Å². The van der Waals surface area contributed by atoms with Gasteiger partial charge in [-0.25, -0.2) is 0 Å². The van der Waals surface area contributed by atoms with Crippen molar-refractivity contribution in [1.29, 1.82) is 0 Å². The number of nitrogens with one attached hydrogen (secondary N) is 1. The predicted molar refractivity (Wildman–Crippen MR) is 109 cm³/mol. The van der Waals surface area contributed by atoms with Gasteiger partial charge in [0.05, 0.1) is 13.7 Å².